The quantitative estimate of drug-likeness (QED) is 0.374. The Hall–Kier alpha value is -2.26. The van der Waals surface area contributed by atoms with Gasteiger partial charge in [0.1, 0.15) is 8.25 Å². The van der Waals surface area contributed by atoms with Crippen LogP contribution in [0.1, 0.15) is 42.9 Å². The zero-order valence-corrected chi connectivity index (χ0v) is 20.1. The van der Waals surface area contributed by atoms with E-state index in [2.05, 4.69) is 52.1 Å². The molecule has 0 bridgehead atoms. The molecular formula is C24H27IN4O2. The highest BCUT2D eigenvalue weighted by molar-refractivity contribution is 14.2. The molecule has 5 rings (SSSR count). The van der Waals surface area contributed by atoms with Gasteiger partial charge in [-0.3, -0.25) is 0 Å². The molecule has 3 aromatic rings. The molecule has 1 unspecified atom stereocenters. The molecular weight excluding hydrogens is 503 g/mol. The van der Waals surface area contributed by atoms with Crippen molar-refractivity contribution in [1.29, 1.82) is 0 Å². The van der Waals surface area contributed by atoms with Crippen molar-refractivity contribution in [3.63, 3.8) is 0 Å². The van der Waals surface area contributed by atoms with E-state index in [-0.39, 0.29) is 20.7 Å². The van der Waals surface area contributed by atoms with Crippen molar-refractivity contribution in [2.24, 2.45) is 4.99 Å². The molecule has 0 aliphatic carbocycles. The molecule has 3 heterocycles. The Kier molecular flexibility index (Phi) is 6.04. The highest BCUT2D eigenvalue weighted by Crippen LogP contribution is 2.30. The number of fused-ring (bicyclic) bond motifs is 1. The first kappa shape index (κ1) is 20.6. The smallest absolute Gasteiger partial charge is 0.222 e. The number of anilines is 1. The van der Waals surface area contributed by atoms with Gasteiger partial charge in [-0.15, -0.1) is 0 Å². The predicted molar refractivity (Wildman–Crippen MR) is 135 cm³/mol. The van der Waals surface area contributed by atoms with E-state index in [4.69, 9.17) is 14.5 Å². The summed E-state index contributed by atoms with van der Waals surface area (Å²) < 4.78 is 13.5. The number of H-pyrrole nitrogens is 1. The van der Waals surface area contributed by atoms with E-state index in [1.807, 2.05) is 6.07 Å². The van der Waals surface area contributed by atoms with Crippen LogP contribution in [0.3, 0.4) is 0 Å². The number of piperidine rings is 1. The number of benzene rings is 2. The van der Waals surface area contributed by atoms with Gasteiger partial charge in [0.25, 0.3) is 0 Å². The number of alkyl halides is 1. The molecule has 1 atom stereocenters. The zero-order chi connectivity index (χ0) is 21.2. The predicted octanol–water partition coefficient (Wildman–Crippen LogP) is 4.97. The number of rotatable bonds is 5. The van der Waals surface area contributed by atoms with Gasteiger partial charge in [-0.25, -0.2) is 9.98 Å². The molecule has 2 aromatic carbocycles. The second kappa shape index (κ2) is 9.08. The van der Waals surface area contributed by atoms with Crippen molar-refractivity contribution in [2.75, 3.05) is 23.2 Å². The summed E-state index contributed by atoms with van der Waals surface area (Å²) in [5.74, 6) is 0.709. The monoisotopic (exact) mass is 530 g/mol. The zero-order valence-electron chi connectivity index (χ0n) is 17.9. The summed E-state index contributed by atoms with van der Waals surface area (Å²) in [4.78, 5) is 15.0. The number of aromatic nitrogens is 2. The van der Waals surface area contributed by atoms with Crippen LogP contribution in [0.25, 0.3) is 11.0 Å². The minimum Gasteiger partial charge on any atom is -0.467 e. The van der Waals surface area contributed by atoms with Crippen LogP contribution in [-0.4, -0.2) is 43.8 Å². The maximum absolute atomic E-state index is 6.03. The van der Waals surface area contributed by atoms with Crippen LogP contribution in [-0.2, 0) is 16.1 Å². The standard InChI is InChI=1S/C24H27IN4O2/c1-16-5-3-4-10-29(16)22-9-7-18(11-19(22)13-30-2)24-28-23(25-14-31-24)17-6-8-20-21(12-17)27-15-26-20/h6-9,11-12,15-16H,3-5,10,13-14H2,1-2H3,(H,26,27). The molecule has 1 N–H and O–H groups in total. The molecule has 1 saturated heterocycles. The Morgan fingerprint density at radius 2 is 2.10 bits per heavy atom. The van der Waals surface area contributed by atoms with Crippen LogP contribution in [0.4, 0.5) is 5.69 Å². The van der Waals surface area contributed by atoms with Crippen LogP contribution in [0.15, 0.2) is 47.7 Å². The molecule has 2 aliphatic rings. The Balaban J connectivity index is 1.47. The van der Waals surface area contributed by atoms with Crippen LogP contribution in [0.2, 0.25) is 0 Å². The van der Waals surface area contributed by atoms with Crippen molar-refractivity contribution in [2.45, 2.75) is 38.8 Å². The number of aromatic amines is 1. The SMILES string of the molecule is COCc1cc(C2=NC(c3ccc4nc[nH]c4c3)=ICO2)ccc1N1CCCCC1C. The summed E-state index contributed by atoms with van der Waals surface area (Å²) in [6, 6.07) is 13.4. The molecule has 162 valence electrons. The van der Waals surface area contributed by atoms with Crippen LogP contribution in [0, 0.1) is 0 Å². The summed E-state index contributed by atoms with van der Waals surface area (Å²) in [5.41, 5.74) is 6.66. The average molecular weight is 530 g/mol. The number of nitrogens with zero attached hydrogens (tertiary/aromatic N) is 3. The molecule has 0 radical (unpaired) electrons. The van der Waals surface area contributed by atoms with E-state index >= 15 is 0 Å². The molecule has 0 amide bonds. The van der Waals surface area contributed by atoms with Crippen molar-refractivity contribution in [3.8, 4) is 0 Å². The van der Waals surface area contributed by atoms with E-state index in [9.17, 15) is 0 Å². The highest BCUT2D eigenvalue weighted by atomic mass is 127. The first-order valence-corrected chi connectivity index (χ1v) is 13.3. The molecule has 31 heavy (non-hydrogen) atoms. The van der Waals surface area contributed by atoms with E-state index < -0.39 is 0 Å². The molecule has 2 aliphatic heterocycles. The van der Waals surface area contributed by atoms with E-state index in [1.54, 1.807) is 13.4 Å². The largest absolute Gasteiger partial charge is 0.467 e. The summed E-state index contributed by atoms with van der Waals surface area (Å²) in [5, 5.41) is 0. The lowest BCUT2D eigenvalue weighted by molar-refractivity contribution is 0.185. The van der Waals surface area contributed by atoms with Gasteiger partial charge < -0.3 is 19.4 Å². The van der Waals surface area contributed by atoms with Crippen molar-refractivity contribution >= 4 is 47.0 Å². The number of imidazole rings is 1. The van der Waals surface area contributed by atoms with E-state index in [1.165, 1.54) is 30.5 Å². The number of ether oxygens (including phenoxy) is 2. The highest BCUT2D eigenvalue weighted by Gasteiger charge is 2.22. The molecule has 6 nitrogen and oxygen atoms in total. The first-order valence-electron chi connectivity index (χ1n) is 10.7. The first-order chi connectivity index (χ1) is 15.2. The fraction of sp³-hybridized carbons (Fsp3) is 0.375. The fourth-order valence-corrected chi connectivity index (χ4v) is 6.27. The molecule has 1 aromatic heterocycles. The third-order valence-corrected chi connectivity index (χ3v) is 8.18. The lowest BCUT2D eigenvalue weighted by atomic mass is 10.00. The van der Waals surface area contributed by atoms with Crippen LogP contribution < -0.4 is 4.90 Å². The minimum absolute atomic E-state index is 0.289. The lowest BCUT2D eigenvalue weighted by Gasteiger charge is -2.36. The maximum atomic E-state index is 6.03. The second-order valence-corrected chi connectivity index (χ2v) is 10.5. The lowest BCUT2D eigenvalue weighted by Crippen LogP contribution is -2.38. The molecule has 1 fully saturated rings. The number of hydrogen-bond acceptors (Lipinski definition) is 5. The van der Waals surface area contributed by atoms with E-state index in [0.29, 0.717) is 18.5 Å². The van der Waals surface area contributed by atoms with Crippen molar-refractivity contribution < 1.29 is 9.47 Å². The molecule has 7 heteroatoms. The minimum atomic E-state index is -0.289. The Morgan fingerprint density at radius 3 is 2.97 bits per heavy atom. The second-order valence-electron chi connectivity index (χ2n) is 8.04. The summed E-state index contributed by atoms with van der Waals surface area (Å²) >= 11 is -0.289. The maximum Gasteiger partial charge on any atom is 0.222 e. The number of methoxy groups -OCH3 is 1. The fourth-order valence-electron chi connectivity index (χ4n) is 4.36. The summed E-state index contributed by atoms with van der Waals surface area (Å²) in [7, 11) is 1.76. The van der Waals surface area contributed by atoms with Gasteiger partial charge in [0.2, 0.25) is 5.90 Å². The van der Waals surface area contributed by atoms with E-state index in [0.717, 1.165) is 37.0 Å². The number of nitrogens with one attached hydrogen (secondary N) is 1. The Morgan fingerprint density at radius 1 is 1.19 bits per heavy atom. The van der Waals surface area contributed by atoms with Gasteiger partial charge in [0.15, 0.2) is 0 Å². The van der Waals surface area contributed by atoms with Crippen molar-refractivity contribution in [1.82, 2.24) is 9.97 Å². The van der Waals surface area contributed by atoms with Gasteiger partial charge in [-0.05, 0) is 77.2 Å². The van der Waals surface area contributed by atoms with Crippen LogP contribution in [0.5, 0.6) is 0 Å². The Bertz CT molecular complexity index is 1150. The third-order valence-electron chi connectivity index (χ3n) is 5.97. The number of aliphatic imine (C=N–C) groups is 1. The van der Waals surface area contributed by atoms with Gasteiger partial charge in [-0.2, -0.15) is 0 Å². The summed E-state index contributed by atoms with van der Waals surface area (Å²) in [6.45, 7) is 4.01. The van der Waals surface area contributed by atoms with Crippen molar-refractivity contribution in [3.05, 3.63) is 59.4 Å². The van der Waals surface area contributed by atoms with Gasteiger partial charge >= 0.3 is 0 Å². The molecule has 0 saturated carbocycles. The normalized spacial score (nSPS) is 19.4. The number of halogens is 1. The van der Waals surface area contributed by atoms with Gasteiger partial charge in [0, 0.05) is 42.1 Å². The third kappa shape index (κ3) is 4.25. The average Bonchev–Trinajstić information content (AvgIpc) is 3.28. The summed E-state index contributed by atoms with van der Waals surface area (Å²) in [6.07, 6.45) is 5.53. The topological polar surface area (TPSA) is 62.7 Å². The number of hydrogen-bond donors (Lipinski definition) is 1. The van der Waals surface area contributed by atoms with Gasteiger partial charge in [0.05, 0.1) is 24.0 Å². The molecule has 0 spiro atoms. The van der Waals surface area contributed by atoms with Gasteiger partial charge in [-0.1, -0.05) is 6.07 Å². The Labute approximate surface area is 192 Å². The van der Waals surface area contributed by atoms with Crippen LogP contribution >= 0.6 is 20.7 Å².